The van der Waals surface area contributed by atoms with Gasteiger partial charge in [0.15, 0.2) is 0 Å². The largest absolute Gasteiger partial charge is 0.495 e. The summed E-state index contributed by atoms with van der Waals surface area (Å²) in [5.74, 6) is -0.293. The topological polar surface area (TPSA) is 112 Å². The lowest BCUT2D eigenvalue weighted by Crippen LogP contribution is -2.27. The van der Waals surface area contributed by atoms with Crippen molar-refractivity contribution in [3.8, 4) is 5.75 Å². The predicted molar refractivity (Wildman–Crippen MR) is 95.6 cm³/mol. The normalized spacial score (nSPS) is 10.3. The van der Waals surface area contributed by atoms with Crippen LogP contribution in [-0.4, -0.2) is 42.4 Å². The maximum atomic E-state index is 12.4. The van der Waals surface area contributed by atoms with E-state index in [2.05, 4.69) is 15.7 Å². The van der Waals surface area contributed by atoms with Gasteiger partial charge in [0.1, 0.15) is 11.4 Å². The maximum Gasteiger partial charge on any atom is 0.276 e. The Kier molecular flexibility index (Phi) is 6.45. The van der Waals surface area contributed by atoms with Gasteiger partial charge in [-0.2, -0.15) is 5.10 Å². The molecular formula is C17H20N4O5. The van der Waals surface area contributed by atoms with Crippen LogP contribution >= 0.6 is 0 Å². The lowest BCUT2D eigenvalue weighted by atomic mass is 10.2. The molecule has 0 unspecified atom stereocenters. The molecule has 0 radical (unpaired) electrons. The number of benzene rings is 1. The van der Waals surface area contributed by atoms with Crippen LogP contribution < -0.4 is 20.9 Å². The number of hydrogen-bond acceptors (Lipinski definition) is 6. The Bertz CT molecular complexity index is 862. The Labute approximate surface area is 149 Å². The highest BCUT2D eigenvalue weighted by Crippen LogP contribution is 2.27. The Morgan fingerprint density at radius 3 is 2.58 bits per heavy atom. The van der Waals surface area contributed by atoms with Crippen LogP contribution in [0.2, 0.25) is 0 Å². The third-order valence-electron chi connectivity index (χ3n) is 3.37. The molecule has 0 bridgehead atoms. The summed E-state index contributed by atoms with van der Waals surface area (Å²) < 4.78 is 11.2. The van der Waals surface area contributed by atoms with Crippen molar-refractivity contribution in [3.63, 3.8) is 0 Å². The van der Waals surface area contributed by atoms with Crippen LogP contribution in [0.4, 0.5) is 11.4 Å². The number of methoxy groups -OCH3 is 2. The third kappa shape index (κ3) is 4.90. The van der Waals surface area contributed by atoms with Crippen LogP contribution in [0.5, 0.6) is 5.75 Å². The fourth-order valence-corrected chi connectivity index (χ4v) is 2.18. The molecule has 2 rings (SSSR count). The fourth-order valence-electron chi connectivity index (χ4n) is 2.18. The standard InChI is InChI=1S/C17H20N4O5/c1-11(22)18-14-10-12(4-6-15(14)26-3)19-17(24)13-5-7-16(23)21(20-13)8-9-25-2/h4-7,10H,8-9H2,1-3H3,(H,18,22)(H,19,24). The zero-order valence-corrected chi connectivity index (χ0v) is 14.7. The molecule has 0 aliphatic carbocycles. The van der Waals surface area contributed by atoms with E-state index in [1.807, 2.05) is 0 Å². The van der Waals surface area contributed by atoms with Gasteiger partial charge in [-0.05, 0) is 24.3 Å². The highest BCUT2D eigenvalue weighted by Gasteiger charge is 2.12. The highest BCUT2D eigenvalue weighted by molar-refractivity contribution is 6.03. The third-order valence-corrected chi connectivity index (χ3v) is 3.37. The Balaban J connectivity index is 2.21. The number of anilines is 2. The second-order valence-electron chi connectivity index (χ2n) is 5.32. The van der Waals surface area contributed by atoms with Gasteiger partial charge in [0, 0.05) is 25.8 Å². The molecule has 2 aromatic rings. The molecule has 0 fully saturated rings. The molecule has 1 aromatic carbocycles. The van der Waals surface area contributed by atoms with Gasteiger partial charge in [-0.3, -0.25) is 14.4 Å². The Morgan fingerprint density at radius 2 is 1.92 bits per heavy atom. The first-order valence-electron chi connectivity index (χ1n) is 7.78. The second kappa shape index (κ2) is 8.77. The molecule has 0 aliphatic heterocycles. The van der Waals surface area contributed by atoms with Gasteiger partial charge >= 0.3 is 0 Å². The summed E-state index contributed by atoms with van der Waals surface area (Å²) in [4.78, 5) is 35.4. The molecule has 0 aliphatic rings. The average molecular weight is 360 g/mol. The number of hydrogen-bond donors (Lipinski definition) is 2. The van der Waals surface area contributed by atoms with Gasteiger partial charge in [-0.15, -0.1) is 0 Å². The zero-order valence-electron chi connectivity index (χ0n) is 14.7. The summed E-state index contributed by atoms with van der Waals surface area (Å²) in [6.45, 7) is 1.92. The lowest BCUT2D eigenvalue weighted by Gasteiger charge is -2.12. The van der Waals surface area contributed by atoms with Crippen LogP contribution in [0.1, 0.15) is 17.4 Å². The minimum absolute atomic E-state index is 0.0811. The summed E-state index contributed by atoms with van der Waals surface area (Å²) in [5.41, 5.74) is 0.625. The first-order valence-corrected chi connectivity index (χ1v) is 7.78. The molecule has 0 spiro atoms. The number of nitrogens with one attached hydrogen (secondary N) is 2. The number of carbonyl (C=O) groups is 2. The quantitative estimate of drug-likeness (QED) is 0.765. The molecule has 2 N–H and O–H groups in total. The molecule has 26 heavy (non-hydrogen) atoms. The summed E-state index contributed by atoms with van der Waals surface area (Å²) in [5, 5.41) is 9.33. The Morgan fingerprint density at radius 1 is 1.15 bits per heavy atom. The summed E-state index contributed by atoms with van der Waals surface area (Å²) in [7, 11) is 2.99. The number of carbonyl (C=O) groups excluding carboxylic acids is 2. The van der Waals surface area contributed by atoms with Crippen LogP contribution in [-0.2, 0) is 16.1 Å². The lowest BCUT2D eigenvalue weighted by molar-refractivity contribution is -0.114. The number of nitrogens with zero attached hydrogens (tertiary/aromatic N) is 2. The van der Waals surface area contributed by atoms with E-state index in [0.717, 1.165) is 4.68 Å². The molecule has 1 aromatic heterocycles. The predicted octanol–water partition coefficient (Wildman–Crippen LogP) is 1.11. The number of rotatable bonds is 7. The van der Waals surface area contributed by atoms with Crippen molar-refractivity contribution >= 4 is 23.2 Å². The highest BCUT2D eigenvalue weighted by atomic mass is 16.5. The molecule has 1 heterocycles. The minimum atomic E-state index is -0.491. The van der Waals surface area contributed by atoms with Gasteiger partial charge in [0.2, 0.25) is 5.91 Å². The van der Waals surface area contributed by atoms with Crippen molar-refractivity contribution in [2.24, 2.45) is 0 Å². The number of ether oxygens (including phenoxy) is 2. The molecule has 9 nitrogen and oxygen atoms in total. The van der Waals surface area contributed by atoms with E-state index in [1.54, 1.807) is 18.2 Å². The van der Waals surface area contributed by atoms with Crippen molar-refractivity contribution in [3.05, 3.63) is 46.4 Å². The first-order chi connectivity index (χ1) is 12.4. The number of aromatic nitrogens is 2. The Hall–Kier alpha value is -3.20. The molecule has 9 heteroatoms. The minimum Gasteiger partial charge on any atom is -0.495 e. The van der Waals surface area contributed by atoms with Gasteiger partial charge in [0.25, 0.3) is 11.5 Å². The fraction of sp³-hybridized carbons (Fsp3) is 0.294. The van der Waals surface area contributed by atoms with E-state index in [9.17, 15) is 14.4 Å². The molecule has 138 valence electrons. The van der Waals surface area contributed by atoms with Crippen LogP contribution in [0, 0.1) is 0 Å². The first kappa shape index (κ1) is 19.1. The molecular weight excluding hydrogens is 340 g/mol. The van der Waals surface area contributed by atoms with Crippen LogP contribution in [0.3, 0.4) is 0 Å². The van der Waals surface area contributed by atoms with E-state index in [1.165, 1.54) is 33.3 Å². The van der Waals surface area contributed by atoms with Crippen LogP contribution in [0.15, 0.2) is 35.1 Å². The molecule has 2 amide bonds. The molecule has 0 saturated carbocycles. The smallest absolute Gasteiger partial charge is 0.276 e. The second-order valence-corrected chi connectivity index (χ2v) is 5.32. The number of amides is 2. The van der Waals surface area contributed by atoms with Crippen molar-refractivity contribution in [2.45, 2.75) is 13.5 Å². The van der Waals surface area contributed by atoms with Gasteiger partial charge < -0.3 is 20.1 Å². The average Bonchev–Trinajstić information content (AvgIpc) is 2.60. The monoisotopic (exact) mass is 360 g/mol. The van der Waals surface area contributed by atoms with Crippen molar-refractivity contribution in [1.82, 2.24) is 9.78 Å². The summed E-state index contributed by atoms with van der Waals surface area (Å²) in [6, 6.07) is 7.43. The van der Waals surface area contributed by atoms with Crippen LogP contribution in [0.25, 0.3) is 0 Å². The molecule has 0 saturated heterocycles. The summed E-state index contributed by atoms with van der Waals surface area (Å²) in [6.07, 6.45) is 0. The van der Waals surface area contributed by atoms with Gasteiger partial charge in [-0.25, -0.2) is 4.68 Å². The van der Waals surface area contributed by atoms with Crippen molar-refractivity contribution < 1.29 is 19.1 Å². The van der Waals surface area contributed by atoms with E-state index in [0.29, 0.717) is 23.7 Å². The summed E-state index contributed by atoms with van der Waals surface area (Å²) >= 11 is 0. The van der Waals surface area contributed by atoms with E-state index in [-0.39, 0.29) is 23.7 Å². The van der Waals surface area contributed by atoms with E-state index in [4.69, 9.17) is 9.47 Å². The van der Waals surface area contributed by atoms with E-state index < -0.39 is 5.91 Å². The van der Waals surface area contributed by atoms with E-state index >= 15 is 0 Å². The van der Waals surface area contributed by atoms with Crippen molar-refractivity contribution in [1.29, 1.82) is 0 Å². The van der Waals surface area contributed by atoms with Crippen molar-refractivity contribution in [2.75, 3.05) is 31.5 Å². The van der Waals surface area contributed by atoms with Gasteiger partial charge in [-0.1, -0.05) is 0 Å². The SMILES string of the molecule is COCCn1nc(C(=O)Nc2ccc(OC)c(NC(C)=O)c2)ccc1=O. The molecule has 0 atom stereocenters. The van der Waals surface area contributed by atoms with Gasteiger partial charge in [0.05, 0.1) is 25.9 Å². The maximum absolute atomic E-state index is 12.4. The zero-order chi connectivity index (χ0) is 19.1.